The van der Waals surface area contributed by atoms with Crippen molar-refractivity contribution in [2.75, 3.05) is 0 Å². The minimum atomic E-state index is -1.01. The molecule has 0 saturated heterocycles. The van der Waals surface area contributed by atoms with Crippen LogP contribution in [0.15, 0.2) is 24.3 Å². The number of carbonyl (C=O) groups is 1. The molecule has 0 saturated carbocycles. The van der Waals surface area contributed by atoms with Gasteiger partial charge in [0, 0.05) is 34.6 Å². The Bertz CT molecular complexity index is 629. The van der Waals surface area contributed by atoms with E-state index in [2.05, 4.69) is 0 Å². The molecule has 2 aromatic rings. The highest BCUT2D eigenvalue weighted by atomic mass is 35.5. The van der Waals surface area contributed by atoms with Gasteiger partial charge < -0.3 is 9.67 Å². The Labute approximate surface area is 108 Å². The zero-order valence-corrected chi connectivity index (χ0v) is 10.5. The van der Waals surface area contributed by atoms with Gasteiger partial charge in [-0.25, -0.2) is 4.79 Å². The van der Waals surface area contributed by atoms with Crippen LogP contribution in [0.4, 0.5) is 0 Å². The monoisotopic (exact) mass is 269 g/mol. The Balaban J connectivity index is 2.72. The highest BCUT2D eigenvalue weighted by Crippen LogP contribution is 2.31. The van der Waals surface area contributed by atoms with E-state index in [0.717, 1.165) is 17.0 Å². The van der Waals surface area contributed by atoms with E-state index >= 15 is 0 Å². The highest BCUT2D eigenvalue weighted by molar-refractivity contribution is 6.34. The van der Waals surface area contributed by atoms with Crippen LogP contribution in [0.25, 0.3) is 17.0 Å². The molecule has 5 heteroatoms. The molecule has 0 spiro atoms. The third-order valence-electron chi connectivity index (χ3n) is 2.52. The van der Waals surface area contributed by atoms with Crippen molar-refractivity contribution in [2.45, 2.75) is 0 Å². The summed E-state index contributed by atoms with van der Waals surface area (Å²) in [6.45, 7) is 0. The third kappa shape index (κ3) is 2.16. The molecular formula is C12H9Cl2NO2. The van der Waals surface area contributed by atoms with Crippen molar-refractivity contribution in [2.24, 2.45) is 7.05 Å². The summed E-state index contributed by atoms with van der Waals surface area (Å²) in [4.78, 5) is 10.5. The van der Waals surface area contributed by atoms with Crippen molar-refractivity contribution >= 4 is 46.2 Å². The van der Waals surface area contributed by atoms with E-state index in [1.807, 2.05) is 13.1 Å². The van der Waals surface area contributed by atoms with E-state index in [1.54, 1.807) is 16.7 Å². The third-order valence-corrected chi connectivity index (χ3v) is 3.21. The lowest BCUT2D eigenvalue weighted by Crippen LogP contribution is -1.87. The van der Waals surface area contributed by atoms with Crippen LogP contribution in [-0.4, -0.2) is 15.6 Å². The summed E-state index contributed by atoms with van der Waals surface area (Å²) < 4.78 is 1.79. The minimum Gasteiger partial charge on any atom is -0.478 e. The summed E-state index contributed by atoms with van der Waals surface area (Å²) in [7, 11) is 1.82. The number of fused-ring (bicyclic) bond motifs is 1. The summed E-state index contributed by atoms with van der Waals surface area (Å²) in [6, 6.07) is 5.39. The van der Waals surface area contributed by atoms with Crippen LogP contribution in [0, 0.1) is 0 Å². The first-order chi connectivity index (χ1) is 8.00. The summed E-state index contributed by atoms with van der Waals surface area (Å²) in [5, 5.41) is 10.5. The van der Waals surface area contributed by atoms with Crippen LogP contribution in [-0.2, 0) is 11.8 Å². The van der Waals surface area contributed by atoms with Crippen LogP contribution >= 0.6 is 23.2 Å². The van der Waals surface area contributed by atoms with Crippen molar-refractivity contribution in [3.05, 3.63) is 40.0 Å². The summed E-state index contributed by atoms with van der Waals surface area (Å²) in [5.74, 6) is -1.01. The predicted molar refractivity (Wildman–Crippen MR) is 69.6 cm³/mol. The van der Waals surface area contributed by atoms with E-state index in [9.17, 15) is 4.79 Å². The lowest BCUT2D eigenvalue weighted by Gasteiger charge is -1.96. The number of aryl methyl sites for hydroxylation is 1. The fourth-order valence-electron chi connectivity index (χ4n) is 1.73. The normalized spacial score (nSPS) is 11.5. The number of carboxylic acid groups (broad SMARTS) is 1. The molecule has 1 N–H and O–H groups in total. The number of rotatable bonds is 2. The Morgan fingerprint density at radius 3 is 2.76 bits per heavy atom. The van der Waals surface area contributed by atoms with Gasteiger partial charge in [-0.2, -0.15) is 0 Å². The first-order valence-electron chi connectivity index (χ1n) is 4.85. The lowest BCUT2D eigenvalue weighted by atomic mass is 10.1. The fourth-order valence-corrected chi connectivity index (χ4v) is 2.16. The smallest absolute Gasteiger partial charge is 0.328 e. The van der Waals surface area contributed by atoms with Crippen LogP contribution in [0.5, 0.6) is 0 Å². The quantitative estimate of drug-likeness (QED) is 0.847. The average molecular weight is 270 g/mol. The van der Waals surface area contributed by atoms with E-state index in [4.69, 9.17) is 28.3 Å². The van der Waals surface area contributed by atoms with Crippen LogP contribution in [0.1, 0.15) is 5.56 Å². The van der Waals surface area contributed by atoms with Gasteiger partial charge >= 0.3 is 5.97 Å². The lowest BCUT2D eigenvalue weighted by molar-refractivity contribution is -0.131. The van der Waals surface area contributed by atoms with Crippen LogP contribution in [0.2, 0.25) is 10.2 Å². The van der Waals surface area contributed by atoms with Gasteiger partial charge in [0.05, 0.1) is 0 Å². The van der Waals surface area contributed by atoms with E-state index in [-0.39, 0.29) is 0 Å². The first-order valence-corrected chi connectivity index (χ1v) is 5.60. The molecule has 0 bridgehead atoms. The van der Waals surface area contributed by atoms with E-state index in [0.29, 0.717) is 15.7 Å². The largest absolute Gasteiger partial charge is 0.478 e. The zero-order chi connectivity index (χ0) is 12.6. The molecule has 0 fully saturated rings. The molecule has 3 nitrogen and oxygen atoms in total. The van der Waals surface area contributed by atoms with E-state index in [1.165, 1.54) is 6.08 Å². The van der Waals surface area contributed by atoms with Gasteiger partial charge in [-0.1, -0.05) is 23.2 Å². The van der Waals surface area contributed by atoms with Crippen molar-refractivity contribution in [3.63, 3.8) is 0 Å². The van der Waals surface area contributed by atoms with Gasteiger partial charge in [0.25, 0.3) is 0 Å². The molecule has 1 heterocycles. The second-order valence-corrected chi connectivity index (χ2v) is 4.39. The number of aromatic nitrogens is 1. The van der Waals surface area contributed by atoms with Crippen molar-refractivity contribution in [1.82, 2.24) is 4.57 Å². The molecule has 0 aliphatic carbocycles. The maximum Gasteiger partial charge on any atom is 0.328 e. The highest BCUT2D eigenvalue weighted by Gasteiger charge is 2.11. The topological polar surface area (TPSA) is 42.2 Å². The minimum absolute atomic E-state index is 0.486. The van der Waals surface area contributed by atoms with E-state index < -0.39 is 5.97 Å². The molecule has 17 heavy (non-hydrogen) atoms. The molecule has 0 radical (unpaired) electrons. The first kappa shape index (κ1) is 12.0. The molecule has 88 valence electrons. The molecule has 1 aromatic heterocycles. The fraction of sp³-hybridized carbons (Fsp3) is 0.0833. The number of hydrogen-bond acceptors (Lipinski definition) is 1. The van der Waals surface area contributed by atoms with Gasteiger partial charge in [-0.05, 0) is 24.3 Å². The maximum absolute atomic E-state index is 10.5. The molecule has 0 amide bonds. The molecule has 0 unspecified atom stereocenters. The second kappa shape index (κ2) is 4.43. The Kier molecular flexibility index (Phi) is 3.13. The summed E-state index contributed by atoms with van der Waals surface area (Å²) >= 11 is 12.1. The van der Waals surface area contributed by atoms with Gasteiger partial charge in [0.2, 0.25) is 0 Å². The maximum atomic E-state index is 10.5. The van der Waals surface area contributed by atoms with Crippen molar-refractivity contribution < 1.29 is 9.90 Å². The number of aliphatic carboxylic acids is 1. The Morgan fingerprint density at radius 2 is 2.12 bits per heavy atom. The molecule has 2 rings (SSSR count). The average Bonchev–Trinajstić information content (AvgIpc) is 2.49. The van der Waals surface area contributed by atoms with Gasteiger partial charge in [0.1, 0.15) is 5.15 Å². The summed E-state index contributed by atoms with van der Waals surface area (Å²) in [6.07, 6.45) is 2.53. The number of hydrogen-bond donors (Lipinski definition) is 1. The molecular weight excluding hydrogens is 261 g/mol. The summed E-state index contributed by atoms with van der Waals surface area (Å²) in [5.41, 5.74) is 1.57. The Morgan fingerprint density at radius 1 is 1.41 bits per heavy atom. The number of carboxylic acids is 1. The van der Waals surface area contributed by atoms with Crippen LogP contribution < -0.4 is 0 Å². The van der Waals surface area contributed by atoms with Gasteiger partial charge in [-0.3, -0.25) is 0 Å². The number of halogens is 2. The Hall–Kier alpha value is -1.45. The zero-order valence-electron chi connectivity index (χ0n) is 8.95. The SMILES string of the molecule is Cn1c(Cl)c(/C=C/C(=O)O)c2cc(Cl)ccc21. The van der Waals surface area contributed by atoms with Crippen molar-refractivity contribution in [3.8, 4) is 0 Å². The molecule has 1 aromatic carbocycles. The van der Waals surface area contributed by atoms with Gasteiger partial charge in [-0.15, -0.1) is 0 Å². The van der Waals surface area contributed by atoms with Crippen molar-refractivity contribution in [1.29, 1.82) is 0 Å². The molecule has 0 aliphatic heterocycles. The number of nitrogens with zero attached hydrogens (tertiary/aromatic N) is 1. The predicted octanol–water partition coefficient (Wildman–Crippen LogP) is 3.58. The standard InChI is InChI=1S/C12H9Cl2NO2/c1-15-10-4-2-7(13)6-9(10)8(12(15)14)3-5-11(16)17/h2-6H,1H3,(H,16,17)/b5-3+. The van der Waals surface area contributed by atoms with Gasteiger partial charge in [0.15, 0.2) is 0 Å². The van der Waals surface area contributed by atoms with Crippen LogP contribution in [0.3, 0.4) is 0 Å². The molecule has 0 aliphatic rings. The molecule has 0 atom stereocenters. The second-order valence-electron chi connectivity index (χ2n) is 3.60. The number of benzene rings is 1.